The molecule has 1 aliphatic heterocycles. The molecule has 1 aliphatic rings. The number of nitrogens with one attached hydrogen (secondary N) is 1. The number of hydrogen-bond donors (Lipinski definition) is 1. The van der Waals surface area contributed by atoms with Crippen LogP contribution in [0.1, 0.15) is 22.8 Å². The molecule has 1 heterocycles. The third-order valence-corrected chi connectivity index (χ3v) is 5.43. The van der Waals surface area contributed by atoms with Crippen molar-refractivity contribution < 1.29 is 19.1 Å². The van der Waals surface area contributed by atoms with Crippen LogP contribution in [0.5, 0.6) is 5.75 Å². The monoisotopic (exact) mass is 411 g/mol. The Kier molecular flexibility index (Phi) is 7.30. The van der Waals surface area contributed by atoms with E-state index in [2.05, 4.69) is 22.0 Å². The molecular weight excluding hydrogens is 382 g/mol. The molecule has 1 amide bonds. The summed E-state index contributed by atoms with van der Waals surface area (Å²) < 4.78 is 10.1. The molecule has 0 saturated carbocycles. The highest BCUT2D eigenvalue weighted by Gasteiger charge is 2.25. The van der Waals surface area contributed by atoms with Gasteiger partial charge in [-0.15, -0.1) is 0 Å². The molecule has 1 fully saturated rings. The molecule has 2 aromatic rings. The van der Waals surface area contributed by atoms with Crippen molar-refractivity contribution in [3.05, 3.63) is 59.7 Å². The van der Waals surface area contributed by atoms with E-state index in [1.807, 2.05) is 36.4 Å². The first-order valence-corrected chi connectivity index (χ1v) is 10.1. The van der Waals surface area contributed by atoms with Crippen molar-refractivity contribution in [2.75, 3.05) is 45.3 Å². The zero-order valence-electron chi connectivity index (χ0n) is 17.8. The van der Waals surface area contributed by atoms with E-state index in [-0.39, 0.29) is 17.9 Å². The minimum atomic E-state index is -0.334. The van der Waals surface area contributed by atoms with Crippen LogP contribution in [0.25, 0.3) is 0 Å². The van der Waals surface area contributed by atoms with Crippen molar-refractivity contribution >= 4 is 17.6 Å². The number of ether oxygens (including phenoxy) is 2. The summed E-state index contributed by atoms with van der Waals surface area (Å²) in [5, 5.41) is 2.99. The summed E-state index contributed by atoms with van der Waals surface area (Å²) in [5.74, 6) is 0.445. The molecule has 2 aromatic carbocycles. The molecule has 1 N–H and O–H groups in total. The predicted octanol–water partition coefficient (Wildman–Crippen LogP) is 2.31. The first-order chi connectivity index (χ1) is 14.5. The fraction of sp³-hybridized carbons (Fsp3) is 0.391. The quantitative estimate of drug-likeness (QED) is 0.705. The minimum Gasteiger partial charge on any atom is -0.496 e. The van der Waals surface area contributed by atoms with Gasteiger partial charge in [0.2, 0.25) is 5.91 Å². The van der Waals surface area contributed by atoms with Crippen molar-refractivity contribution in [2.24, 2.45) is 0 Å². The maximum absolute atomic E-state index is 12.5. The molecule has 1 unspecified atom stereocenters. The van der Waals surface area contributed by atoms with Gasteiger partial charge in [0.05, 0.1) is 26.3 Å². The van der Waals surface area contributed by atoms with Gasteiger partial charge in [0, 0.05) is 43.5 Å². The van der Waals surface area contributed by atoms with E-state index < -0.39 is 0 Å². The molecule has 0 bridgehead atoms. The molecule has 7 nitrogen and oxygen atoms in total. The van der Waals surface area contributed by atoms with E-state index in [0.717, 1.165) is 36.6 Å². The van der Waals surface area contributed by atoms with Gasteiger partial charge in [0.15, 0.2) is 0 Å². The molecule has 7 heteroatoms. The second kappa shape index (κ2) is 10.1. The van der Waals surface area contributed by atoms with Crippen LogP contribution >= 0.6 is 0 Å². The maximum atomic E-state index is 12.5. The highest BCUT2D eigenvalue weighted by atomic mass is 16.5. The van der Waals surface area contributed by atoms with E-state index in [9.17, 15) is 9.59 Å². The number of benzene rings is 2. The van der Waals surface area contributed by atoms with Gasteiger partial charge < -0.3 is 19.7 Å². The van der Waals surface area contributed by atoms with Crippen LogP contribution in [-0.2, 0) is 16.1 Å². The van der Waals surface area contributed by atoms with Crippen molar-refractivity contribution in [3.63, 3.8) is 0 Å². The average Bonchev–Trinajstić information content (AvgIpc) is 2.78. The number of rotatable bonds is 7. The number of esters is 1. The summed E-state index contributed by atoms with van der Waals surface area (Å²) in [6.45, 7) is 5.37. The highest BCUT2D eigenvalue weighted by Crippen LogP contribution is 2.20. The molecule has 0 radical (unpaired) electrons. The van der Waals surface area contributed by atoms with Crippen LogP contribution in [0.2, 0.25) is 0 Å². The molecule has 1 saturated heterocycles. The van der Waals surface area contributed by atoms with Crippen molar-refractivity contribution in [2.45, 2.75) is 19.5 Å². The fourth-order valence-corrected chi connectivity index (χ4v) is 3.67. The number of piperazine rings is 1. The van der Waals surface area contributed by atoms with Gasteiger partial charge in [-0.2, -0.15) is 0 Å². The van der Waals surface area contributed by atoms with E-state index in [1.165, 1.54) is 7.11 Å². The van der Waals surface area contributed by atoms with E-state index in [1.54, 1.807) is 19.2 Å². The van der Waals surface area contributed by atoms with Gasteiger partial charge in [-0.3, -0.25) is 9.69 Å². The van der Waals surface area contributed by atoms with Crippen molar-refractivity contribution in [3.8, 4) is 5.75 Å². The minimum absolute atomic E-state index is 0.00337. The fourth-order valence-electron chi connectivity index (χ4n) is 3.67. The molecule has 160 valence electrons. The van der Waals surface area contributed by atoms with Gasteiger partial charge in [-0.25, -0.2) is 4.79 Å². The molecule has 0 aromatic heterocycles. The maximum Gasteiger partial charge on any atom is 0.337 e. The van der Waals surface area contributed by atoms with Crippen LogP contribution in [-0.4, -0.2) is 63.2 Å². The normalized spacial score (nSPS) is 16.8. The first kappa shape index (κ1) is 21.6. The summed E-state index contributed by atoms with van der Waals surface area (Å²) in [6, 6.07) is 15.4. The number of carbonyl (C=O) groups is 2. The van der Waals surface area contributed by atoms with E-state index in [4.69, 9.17) is 9.47 Å². The second-order valence-corrected chi connectivity index (χ2v) is 7.39. The Bertz CT molecular complexity index is 869. The molecule has 3 rings (SSSR count). The van der Waals surface area contributed by atoms with Crippen molar-refractivity contribution in [1.29, 1.82) is 0 Å². The van der Waals surface area contributed by atoms with Gasteiger partial charge in [0.1, 0.15) is 5.75 Å². The van der Waals surface area contributed by atoms with Gasteiger partial charge in [-0.1, -0.05) is 18.2 Å². The Hall–Kier alpha value is -3.06. The molecule has 0 aliphatic carbocycles. The molecule has 1 atom stereocenters. The lowest BCUT2D eigenvalue weighted by molar-refractivity contribution is -0.123. The second-order valence-electron chi connectivity index (χ2n) is 7.39. The first-order valence-electron chi connectivity index (χ1n) is 10.1. The molecule has 30 heavy (non-hydrogen) atoms. The summed E-state index contributed by atoms with van der Waals surface area (Å²) >= 11 is 0. The van der Waals surface area contributed by atoms with Gasteiger partial charge in [-0.05, 0) is 37.3 Å². The Morgan fingerprint density at radius 1 is 1.07 bits per heavy atom. The Labute approximate surface area is 177 Å². The predicted molar refractivity (Wildman–Crippen MR) is 116 cm³/mol. The van der Waals surface area contributed by atoms with Crippen LogP contribution in [0.3, 0.4) is 0 Å². The third-order valence-electron chi connectivity index (χ3n) is 5.43. The lowest BCUT2D eigenvalue weighted by atomic mass is 10.1. The van der Waals surface area contributed by atoms with E-state index >= 15 is 0 Å². The number of carbonyl (C=O) groups excluding carboxylic acids is 2. The smallest absolute Gasteiger partial charge is 0.337 e. The van der Waals surface area contributed by atoms with Crippen LogP contribution in [0.15, 0.2) is 48.5 Å². The Morgan fingerprint density at radius 2 is 1.80 bits per heavy atom. The average molecular weight is 412 g/mol. The number of hydrogen-bond acceptors (Lipinski definition) is 6. The summed E-state index contributed by atoms with van der Waals surface area (Å²) in [5.41, 5.74) is 2.57. The molecular formula is C23H29N3O4. The lowest BCUT2D eigenvalue weighted by Crippen LogP contribution is -2.54. The van der Waals surface area contributed by atoms with Gasteiger partial charge >= 0.3 is 5.97 Å². The number of para-hydroxylation sites is 1. The Morgan fingerprint density at radius 3 is 2.47 bits per heavy atom. The summed E-state index contributed by atoms with van der Waals surface area (Å²) in [6.07, 6.45) is 0. The molecule has 0 spiro atoms. The number of methoxy groups -OCH3 is 2. The SMILES string of the molecule is COC(=O)c1ccc(N2CCN(CC(=O)NCc3ccccc3OC)C(C)C2)cc1. The van der Waals surface area contributed by atoms with Crippen molar-refractivity contribution in [1.82, 2.24) is 10.2 Å². The highest BCUT2D eigenvalue weighted by molar-refractivity contribution is 5.89. The van der Waals surface area contributed by atoms with Crippen LogP contribution in [0, 0.1) is 0 Å². The largest absolute Gasteiger partial charge is 0.496 e. The number of amides is 1. The van der Waals surface area contributed by atoms with E-state index in [0.29, 0.717) is 18.7 Å². The summed E-state index contributed by atoms with van der Waals surface area (Å²) in [4.78, 5) is 28.5. The zero-order chi connectivity index (χ0) is 21.5. The standard InChI is InChI=1S/C23H29N3O4/c1-17-15-26(20-10-8-18(9-11-20)23(28)30-3)13-12-25(17)16-22(27)24-14-19-6-4-5-7-21(19)29-2/h4-11,17H,12-16H2,1-3H3,(H,24,27). The topological polar surface area (TPSA) is 71.1 Å². The summed E-state index contributed by atoms with van der Waals surface area (Å²) in [7, 11) is 3.01. The van der Waals surface area contributed by atoms with Crippen LogP contribution in [0.4, 0.5) is 5.69 Å². The van der Waals surface area contributed by atoms with Gasteiger partial charge in [0.25, 0.3) is 0 Å². The zero-order valence-corrected chi connectivity index (χ0v) is 17.8. The Balaban J connectivity index is 1.50. The van der Waals surface area contributed by atoms with Crippen LogP contribution < -0.4 is 15.0 Å². The number of nitrogens with zero attached hydrogens (tertiary/aromatic N) is 2. The number of anilines is 1. The lowest BCUT2D eigenvalue weighted by Gasteiger charge is -2.40. The third kappa shape index (κ3) is 5.30.